The number of carbonyl (C=O) groups is 1. The van der Waals surface area contributed by atoms with E-state index in [0.717, 1.165) is 30.1 Å². The van der Waals surface area contributed by atoms with Crippen molar-refractivity contribution in [2.45, 2.75) is 52.1 Å². The van der Waals surface area contributed by atoms with Crippen LogP contribution in [0, 0.1) is 13.8 Å². The van der Waals surface area contributed by atoms with E-state index in [4.69, 9.17) is 0 Å². The summed E-state index contributed by atoms with van der Waals surface area (Å²) < 4.78 is 0. The van der Waals surface area contributed by atoms with Gasteiger partial charge in [-0.05, 0) is 39.7 Å². The van der Waals surface area contributed by atoms with Gasteiger partial charge in [0.2, 0.25) is 0 Å². The van der Waals surface area contributed by atoms with Gasteiger partial charge in [0.25, 0.3) is 0 Å². The molecule has 2 heterocycles. The molecule has 0 saturated carbocycles. The molecule has 1 saturated heterocycles. The van der Waals surface area contributed by atoms with E-state index >= 15 is 0 Å². The molecule has 4 nitrogen and oxygen atoms in total. The standard InChI is InChI=1S/C13H20N2O2S/c1-4-13(12(16)17)6-5-7-15(13)8-11-14-9(2)10(3)18-11/h4-8H2,1-3H3,(H,16,17). The van der Waals surface area contributed by atoms with Crippen molar-refractivity contribution in [1.29, 1.82) is 0 Å². The molecule has 0 amide bonds. The first kappa shape index (κ1) is 13.5. The molecule has 100 valence electrons. The maximum atomic E-state index is 11.6. The topological polar surface area (TPSA) is 53.4 Å². The van der Waals surface area contributed by atoms with Crippen molar-refractivity contribution in [3.63, 3.8) is 0 Å². The zero-order valence-corrected chi connectivity index (χ0v) is 12.0. The van der Waals surface area contributed by atoms with Crippen molar-refractivity contribution in [2.24, 2.45) is 0 Å². The summed E-state index contributed by atoms with van der Waals surface area (Å²) in [6, 6.07) is 0. The minimum atomic E-state index is -0.688. The number of carboxylic acid groups (broad SMARTS) is 1. The van der Waals surface area contributed by atoms with E-state index in [9.17, 15) is 9.90 Å². The molecule has 1 atom stereocenters. The highest BCUT2D eigenvalue weighted by Gasteiger charge is 2.46. The van der Waals surface area contributed by atoms with Gasteiger partial charge in [0, 0.05) is 4.88 Å². The van der Waals surface area contributed by atoms with Crippen LogP contribution in [-0.4, -0.2) is 33.0 Å². The van der Waals surface area contributed by atoms with Crippen LogP contribution < -0.4 is 0 Å². The van der Waals surface area contributed by atoms with E-state index in [2.05, 4.69) is 16.8 Å². The fraction of sp³-hybridized carbons (Fsp3) is 0.692. The average Bonchev–Trinajstić information content (AvgIpc) is 2.85. The predicted octanol–water partition coefficient (Wildman–Crippen LogP) is 2.59. The third-order valence-electron chi connectivity index (χ3n) is 4.01. The number of rotatable bonds is 4. The van der Waals surface area contributed by atoms with Crippen molar-refractivity contribution in [1.82, 2.24) is 9.88 Å². The summed E-state index contributed by atoms with van der Waals surface area (Å²) in [5.74, 6) is -0.688. The molecule has 0 bridgehead atoms. The Morgan fingerprint density at radius 1 is 1.56 bits per heavy atom. The molecular weight excluding hydrogens is 248 g/mol. The molecule has 0 aliphatic carbocycles. The van der Waals surface area contributed by atoms with Crippen LogP contribution in [0.2, 0.25) is 0 Å². The van der Waals surface area contributed by atoms with Crippen LogP contribution in [0.1, 0.15) is 41.8 Å². The first-order valence-corrected chi connectivity index (χ1v) is 7.22. The number of aromatic nitrogens is 1. The van der Waals surface area contributed by atoms with Gasteiger partial charge in [-0.25, -0.2) is 4.98 Å². The van der Waals surface area contributed by atoms with Gasteiger partial charge in [-0.3, -0.25) is 9.69 Å². The summed E-state index contributed by atoms with van der Waals surface area (Å²) in [5, 5.41) is 10.5. The Balaban J connectivity index is 2.19. The summed E-state index contributed by atoms with van der Waals surface area (Å²) in [6.07, 6.45) is 2.37. The van der Waals surface area contributed by atoms with Crippen LogP contribution in [0.15, 0.2) is 0 Å². The third kappa shape index (κ3) is 2.17. The monoisotopic (exact) mass is 268 g/mol. The SMILES string of the molecule is CCC1(C(=O)O)CCCN1Cc1nc(C)c(C)s1. The molecule has 1 N–H and O–H groups in total. The van der Waals surface area contributed by atoms with Gasteiger partial charge in [0.1, 0.15) is 10.5 Å². The molecule has 5 heteroatoms. The van der Waals surface area contributed by atoms with E-state index in [-0.39, 0.29) is 0 Å². The molecular formula is C13H20N2O2S. The van der Waals surface area contributed by atoms with Crippen LogP contribution >= 0.6 is 11.3 Å². The first-order chi connectivity index (χ1) is 8.49. The minimum absolute atomic E-state index is 0.658. The lowest BCUT2D eigenvalue weighted by atomic mass is 9.93. The van der Waals surface area contributed by atoms with E-state index in [0.29, 0.717) is 13.0 Å². The first-order valence-electron chi connectivity index (χ1n) is 6.41. The fourth-order valence-electron chi connectivity index (χ4n) is 2.73. The highest BCUT2D eigenvalue weighted by atomic mass is 32.1. The molecule has 1 aliphatic heterocycles. The van der Waals surface area contributed by atoms with E-state index in [1.165, 1.54) is 4.88 Å². The summed E-state index contributed by atoms with van der Waals surface area (Å²) in [6.45, 7) is 7.55. The Labute approximate surface area is 112 Å². The average molecular weight is 268 g/mol. The highest BCUT2D eigenvalue weighted by molar-refractivity contribution is 7.11. The van der Waals surface area contributed by atoms with Crippen molar-refractivity contribution in [3.8, 4) is 0 Å². The fourth-order valence-corrected chi connectivity index (χ4v) is 3.68. The lowest BCUT2D eigenvalue weighted by molar-refractivity contribution is -0.150. The highest BCUT2D eigenvalue weighted by Crippen LogP contribution is 2.34. The van der Waals surface area contributed by atoms with Crippen molar-refractivity contribution >= 4 is 17.3 Å². The van der Waals surface area contributed by atoms with Crippen molar-refractivity contribution in [2.75, 3.05) is 6.54 Å². The smallest absolute Gasteiger partial charge is 0.324 e. The number of aryl methyl sites for hydroxylation is 2. The molecule has 18 heavy (non-hydrogen) atoms. The second-order valence-corrected chi connectivity index (χ2v) is 6.25. The number of carboxylic acids is 1. The zero-order valence-electron chi connectivity index (χ0n) is 11.2. The van der Waals surface area contributed by atoms with Crippen LogP contribution in [0.4, 0.5) is 0 Å². The number of nitrogens with zero attached hydrogens (tertiary/aromatic N) is 2. The van der Waals surface area contributed by atoms with E-state index in [1.54, 1.807) is 11.3 Å². The van der Waals surface area contributed by atoms with Gasteiger partial charge in [-0.1, -0.05) is 6.92 Å². The third-order valence-corrected chi connectivity index (χ3v) is 5.06. The van der Waals surface area contributed by atoms with Gasteiger partial charge in [-0.15, -0.1) is 11.3 Å². The molecule has 1 fully saturated rings. The predicted molar refractivity (Wildman–Crippen MR) is 71.9 cm³/mol. The van der Waals surface area contributed by atoms with Crippen LogP contribution in [0.3, 0.4) is 0 Å². The number of hydrogen-bond acceptors (Lipinski definition) is 4. The molecule has 1 aliphatic rings. The molecule has 0 aromatic carbocycles. The number of aliphatic carboxylic acids is 1. The van der Waals surface area contributed by atoms with Crippen LogP contribution in [0.25, 0.3) is 0 Å². The van der Waals surface area contributed by atoms with Gasteiger partial charge >= 0.3 is 5.97 Å². The molecule has 1 aromatic heterocycles. The zero-order chi connectivity index (χ0) is 13.3. The van der Waals surface area contributed by atoms with Gasteiger partial charge in [0.05, 0.1) is 12.2 Å². The van der Waals surface area contributed by atoms with Gasteiger partial charge in [0.15, 0.2) is 0 Å². The second-order valence-electron chi connectivity index (χ2n) is 4.96. The number of thiazole rings is 1. The number of likely N-dealkylation sites (tertiary alicyclic amines) is 1. The largest absolute Gasteiger partial charge is 0.480 e. The lowest BCUT2D eigenvalue weighted by Gasteiger charge is -2.33. The second kappa shape index (κ2) is 4.97. The van der Waals surface area contributed by atoms with Crippen molar-refractivity contribution < 1.29 is 9.90 Å². The maximum Gasteiger partial charge on any atom is 0.324 e. The van der Waals surface area contributed by atoms with E-state index in [1.807, 2.05) is 13.8 Å². The summed E-state index contributed by atoms with van der Waals surface area (Å²) >= 11 is 1.68. The number of hydrogen-bond donors (Lipinski definition) is 1. The Bertz CT molecular complexity index is 438. The molecule has 0 radical (unpaired) electrons. The Morgan fingerprint density at radius 2 is 2.28 bits per heavy atom. The molecule has 2 rings (SSSR count). The van der Waals surface area contributed by atoms with Gasteiger partial charge in [-0.2, -0.15) is 0 Å². The van der Waals surface area contributed by atoms with Crippen LogP contribution in [0.5, 0.6) is 0 Å². The summed E-state index contributed by atoms with van der Waals surface area (Å²) in [4.78, 5) is 19.4. The normalized spacial score (nSPS) is 24.6. The lowest BCUT2D eigenvalue weighted by Crippen LogP contribution is -2.49. The Morgan fingerprint density at radius 3 is 2.78 bits per heavy atom. The quantitative estimate of drug-likeness (QED) is 0.912. The minimum Gasteiger partial charge on any atom is -0.480 e. The maximum absolute atomic E-state index is 11.6. The molecule has 1 unspecified atom stereocenters. The molecule has 0 spiro atoms. The summed E-state index contributed by atoms with van der Waals surface area (Å²) in [5.41, 5.74) is 0.389. The van der Waals surface area contributed by atoms with E-state index < -0.39 is 11.5 Å². The molecule has 1 aromatic rings. The Kier molecular flexibility index (Phi) is 3.73. The van der Waals surface area contributed by atoms with Crippen molar-refractivity contribution in [3.05, 3.63) is 15.6 Å². The summed E-state index contributed by atoms with van der Waals surface area (Å²) in [7, 11) is 0. The Hall–Kier alpha value is -0.940. The van der Waals surface area contributed by atoms with Crippen LogP contribution in [-0.2, 0) is 11.3 Å². The van der Waals surface area contributed by atoms with Gasteiger partial charge < -0.3 is 5.11 Å².